The quantitative estimate of drug-likeness (QED) is 0.811. The second-order valence-corrected chi connectivity index (χ2v) is 5.45. The molecular formula is C8H5Cl3F3NO2. The van der Waals surface area contributed by atoms with Gasteiger partial charge in [0.2, 0.25) is 3.79 Å². The highest BCUT2D eigenvalue weighted by molar-refractivity contribution is 6.67. The zero-order valence-electron chi connectivity index (χ0n) is 7.88. The molecule has 1 aromatic heterocycles. The van der Waals surface area contributed by atoms with Gasteiger partial charge in [-0.2, -0.15) is 13.2 Å². The van der Waals surface area contributed by atoms with Gasteiger partial charge in [0.25, 0.3) is 5.56 Å². The molecule has 1 heterocycles. The molecule has 0 aliphatic heterocycles. The van der Waals surface area contributed by atoms with Gasteiger partial charge >= 0.3 is 6.18 Å². The lowest BCUT2D eigenvalue weighted by atomic mass is 10.2. The molecule has 96 valence electrons. The summed E-state index contributed by atoms with van der Waals surface area (Å²) in [6.07, 6.45) is -6.29. The van der Waals surface area contributed by atoms with Crippen molar-refractivity contribution in [3.05, 3.63) is 34.2 Å². The molecule has 1 aromatic rings. The van der Waals surface area contributed by atoms with Crippen LogP contribution < -0.4 is 5.56 Å². The van der Waals surface area contributed by atoms with Gasteiger partial charge in [0.15, 0.2) is 6.23 Å². The fraction of sp³-hybridized carbons (Fsp3) is 0.375. The van der Waals surface area contributed by atoms with Gasteiger partial charge in [0.05, 0.1) is 5.56 Å². The van der Waals surface area contributed by atoms with Gasteiger partial charge in [0.1, 0.15) is 0 Å². The number of aliphatic hydroxyl groups is 1. The summed E-state index contributed by atoms with van der Waals surface area (Å²) in [5.41, 5.74) is -2.05. The summed E-state index contributed by atoms with van der Waals surface area (Å²) >= 11 is 15.9. The van der Waals surface area contributed by atoms with Gasteiger partial charge in [-0.25, -0.2) is 0 Å². The van der Waals surface area contributed by atoms with Gasteiger partial charge < -0.3 is 5.11 Å². The fourth-order valence-corrected chi connectivity index (χ4v) is 1.34. The standard InChI is InChI=1S/C8H5Cl3F3NO2/c9-7(10,11)6(17)15-3-4(8(12,13)14)1-2-5(15)16/h1-3,6,17H. The molecule has 0 aliphatic rings. The van der Waals surface area contributed by atoms with Crippen molar-refractivity contribution in [1.29, 1.82) is 0 Å². The second-order valence-electron chi connectivity index (χ2n) is 3.08. The topological polar surface area (TPSA) is 42.2 Å². The van der Waals surface area contributed by atoms with Crippen molar-refractivity contribution in [2.45, 2.75) is 16.2 Å². The molecule has 17 heavy (non-hydrogen) atoms. The Bertz CT molecular complexity index is 466. The van der Waals surface area contributed by atoms with Crippen LogP contribution in [0, 0.1) is 0 Å². The van der Waals surface area contributed by atoms with Crippen LogP contribution in [0.5, 0.6) is 0 Å². The number of alkyl halides is 6. The van der Waals surface area contributed by atoms with Crippen LogP contribution in [0.2, 0.25) is 0 Å². The maximum atomic E-state index is 12.4. The number of aliphatic hydroxyl groups excluding tert-OH is 1. The van der Waals surface area contributed by atoms with Crippen LogP contribution >= 0.6 is 34.8 Å². The number of halogens is 6. The molecule has 3 nitrogen and oxygen atoms in total. The first kappa shape index (κ1) is 14.6. The van der Waals surface area contributed by atoms with E-state index in [4.69, 9.17) is 34.8 Å². The summed E-state index contributed by atoms with van der Waals surface area (Å²) < 4.78 is 35.1. The monoisotopic (exact) mass is 309 g/mol. The zero-order chi connectivity index (χ0) is 13.4. The molecular weight excluding hydrogens is 305 g/mol. The van der Waals surface area contributed by atoms with Gasteiger partial charge in [-0.3, -0.25) is 9.36 Å². The Kier molecular flexibility index (Phi) is 4.03. The number of nitrogens with zero attached hydrogens (tertiary/aromatic N) is 1. The van der Waals surface area contributed by atoms with E-state index in [9.17, 15) is 23.1 Å². The molecule has 1 rings (SSSR count). The number of pyridine rings is 1. The molecule has 0 aliphatic carbocycles. The summed E-state index contributed by atoms with van der Waals surface area (Å²) in [6.45, 7) is 0. The molecule has 1 atom stereocenters. The summed E-state index contributed by atoms with van der Waals surface area (Å²) in [4.78, 5) is 11.2. The Morgan fingerprint density at radius 3 is 2.18 bits per heavy atom. The van der Waals surface area contributed by atoms with Crippen LogP contribution in [0.4, 0.5) is 13.2 Å². The van der Waals surface area contributed by atoms with Crippen LogP contribution in [-0.4, -0.2) is 13.5 Å². The third-order valence-corrected chi connectivity index (χ3v) is 2.41. The highest BCUT2D eigenvalue weighted by Crippen LogP contribution is 2.36. The fourth-order valence-electron chi connectivity index (χ4n) is 1.02. The van der Waals surface area contributed by atoms with Crippen molar-refractivity contribution in [3.63, 3.8) is 0 Å². The molecule has 1 unspecified atom stereocenters. The van der Waals surface area contributed by atoms with E-state index in [0.717, 1.165) is 0 Å². The zero-order valence-corrected chi connectivity index (χ0v) is 10.1. The minimum absolute atomic E-state index is 0.301. The first-order chi connectivity index (χ1) is 7.53. The predicted octanol–water partition coefficient (Wildman–Crippen LogP) is 2.73. The smallest absolute Gasteiger partial charge is 0.369 e. The number of hydrogen-bond donors (Lipinski definition) is 1. The van der Waals surface area contributed by atoms with E-state index >= 15 is 0 Å². The Hall–Kier alpha value is -0.430. The molecule has 0 spiro atoms. The van der Waals surface area contributed by atoms with E-state index in [1.807, 2.05) is 0 Å². The van der Waals surface area contributed by atoms with E-state index in [0.29, 0.717) is 22.9 Å². The van der Waals surface area contributed by atoms with Crippen molar-refractivity contribution in [2.24, 2.45) is 0 Å². The molecule has 0 amide bonds. The van der Waals surface area contributed by atoms with Crippen LogP contribution in [0.3, 0.4) is 0 Å². The van der Waals surface area contributed by atoms with Crippen molar-refractivity contribution in [2.75, 3.05) is 0 Å². The third-order valence-electron chi connectivity index (χ3n) is 1.82. The number of rotatable bonds is 1. The van der Waals surface area contributed by atoms with E-state index < -0.39 is 27.3 Å². The van der Waals surface area contributed by atoms with Gasteiger partial charge in [-0.1, -0.05) is 34.8 Å². The maximum Gasteiger partial charge on any atom is 0.417 e. The van der Waals surface area contributed by atoms with Crippen LogP contribution in [0.1, 0.15) is 11.8 Å². The molecule has 9 heteroatoms. The SMILES string of the molecule is O=c1ccc(C(F)(F)F)cn1C(O)C(Cl)(Cl)Cl. The van der Waals surface area contributed by atoms with Gasteiger partial charge in [-0.05, 0) is 6.07 Å². The van der Waals surface area contributed by atoms with Crippen LogP contribution in [-0.2, 0) is 6.18 Å². The Balaban J connectivity index is 3.30. The van der Waals surface area contributed by atoms with Crippen molar-refractivity contribution >= 4 is 34.8 Å². The Morgan fingerprint density at radius 1 is 1.24 bits per heavy atom. The molecule has 0 saturated carbocycles. The van der Waals surface area contributed by atoms with Crippen LogP contribution in [0.15, 0.2) is 23.1 Å². The van der Waals surface area contributed by atoms with E-state index in [1.54, 1.807) is 0 Å². The van der Waals surface area contributed by atoms with E-state index in [2.05, 4.69) is 0 Å². The molecule has 1 N–H and O–H groups in total. The van der Waals surface area contributed by atoms with Crippen molar-refractivity contribution < 1.29 is 18.3 Å². The summed E-state index contributed by atoms with van der Waals surface area (Å²) in [5, 5.41) is 9.43. The highest BCUT2D eigenvalue weighted by atomic mass is 35.6. The Morgan fingerprint density at radius 2 is 1.76 bits per heavy atom. The van der Waals surface area contributed by atoms with E-state index in [1.165, 1.54) is 0 Å². The summed E-state index contributed by atoms with van der Waals surface area (Å²) in [6, 6.07) is 1.20. The van der Waals surface area contributed by atoms with Crippen molar-refractivity contribution in [1.82, 2.24) is 4.57 Å². The Labute approximate surface area is 108 Å². The summed E-state index contributed by atoms with van der Waals surface area (Å²) in [7, 11) is 0. The number of hydrogen-bond acceptors (Lipinski definition) is 2. The minimum Gasteiger partial charge on any atom is -0.369 e. The normalized spacial score (nSPS) is 14.8. The molecule has 0 saturated heterocycles. The molecule has 0 radical (unpaired) electrons. The molecule has 0 bridgehead atoms. The van der Waals surface area contributed by atoms with Crippen molar-refractivity contribution in [3.8, 4) is 0 Å². The largest absolute Gasteiger partial charge is 0.417 e. The molecule has 0 aromatic carbocycles. The minimum atomic E-state index is -4.66. The second kappa shape index (κ2) is 4.68. The van der Waals surface area contributed by atoms with E-state index in [-0.39, 0.29) is 0 Å². The lowest BCUT2D eigenvalue weighted by Gasteiger charge is -2.21. The lowest BCUT2D eigenvalue weighted by Crippen LogP contribution is -2.32. The van der Waals surface area contributed by atoms with Gasteiger partial charge in [-0.15, -0.1) is 0 Å². The highest BCUT2D eigenvalue weighted by Gasteiger charge is 2.36. The average molecular weight is 310 g/mol. The third kappa shape index (κ3) is 3.51. The average Bonchev–Trinajstić information content (AvgIpc) is 2.14. The predicted molar refractivity (Wildman–Crippen MR) is 57.2 cm³/mol. The molecule has 0 fully saturated rings. The first-order valence-electron chi connectivity index (χ1n) is 4.07. The summed E-state index contributed by atoms with van der Waals surface area (Å²) in [5.74, 6) is 0. The maximum absolute atomic E-state index is 12.4. The first-order valence-corrected chi connectivity index (χ1v) is 5.21. The number of aromatic nitrogens is 1. The van der Waals surface area contributed by atoms with Crippen LogP contribution in [0.25, 0.3) is 0 Å². The lowest BCUT2D eigenvalue weighted by molar-refractivity contribution is -0.138. The van der Waals surface area contributed by atoms with Gasteiger partial charge in [0, 0.05) is 12.3 Å².